The van der Waals surface area contributed by atoms with Crippen LogP contribution in [0.2, 0.25) is 0 Å². The summed E-state index contributed by atoms with van der Waals surface area (Å²) < 4.78 is 0. The molecule has 0 spiro atoms. The number of hydrogen-bond donors (Lipinski definition) is 0. The zero-order valence-corrected chi connectivity index (χ0v) is 6.36. The van der Waals surface area contributed by atoms with Crippen molar-refractivity contribution in [3.05, 3.63) is 11.6 Å². The van der Waals surface area contributed by atoms with E-state index in [0.29, 0.717) is 0 Å². The largest absolute Gasteiger partial charge is 0.0856 e. The maximum Gasteiger partial charge on any atom is -0.0325 e. The van der Waals surface area contributed by atoms with Crippen molar-refractivity contribution in [2.24, 2.45) is 5.92 Å². The van der Waals surface area contributed by atoms with Crippen LogP contribution in [-0.4, -0.2) is 0 Å². The Morgan fingerprint density at radius 3 is 2.00 bits per heavy atom. The van der Waals surface area contributed by atoms with Gasteiger partial charge in [0.05, 0.1) is 0 Å². The van der Waals surface area contributed by atoms with Crippen molar-refractivity contribution in [3.8, 4) is 0 Å². The fraction of sp³-hybridized carbons (Fsp3) is 0.750. The van der Waals surface area contributed by atoms with Gasteiger partial charge in [0.2, 0.25) is 0 Å². The van der Waals surface area contributed by atoms with E-state index in [1.54, 1.807) is 0 Å². The molecule has 0 fully saturated rings. The Balaban J connectivity index is 3.29. The summed E-state index contributed by atoms with van der Waals surface area (Å²) in [6, 6.07) is 0. The molecular formula is C8H16. The van der Waals surface area contributed by atoms with E-state index < -0.39 is 0 Å². The molecule has 0 heterocycles. The van der Waals surface area contributed by atoms with E-state index in [9.17, 15) is 0 Å². The molecule has 0 saturated carbocycles. The van der Waals surface area contributed by atoms with Gasteiger partial charge >= 0.3 is 0 Å². The minimum atomic E-state index is 0.810. The van der Waals surface area contributed by atoms with Crippen LogP contribution in [-0.2, 0) is 0 Å². The highest BCUT2D eigenvalue weighted by Gasteiger charge is 1.86. The molecule has 0 saturated heterocycles. The van der Waals surface area contributed by atoms with Gasteiger partial charge in [-0.25, -0.2) is 0 Å². The Morgan fingerprint density at radius 1 is 1.38 bits per heavy atom. The van der Waals surface area contributed by atoms with Crippen molar-refractivity contribution < 1.29 is 0 Å². The van der Waals surface area contributed by atoms with Crippen molar-refractivity contribution in [1.82, 2.24) is 0 Å². The van der Waals surface area contributed by atoms with Crippen LogP contribution in [0.15, 0.2) is 11.6 Å². The van der Waals surface area contributed by atoms with Gasteiger partial charge in [0.15, 0.2) is 0 Å². The van der Waals surface area contributed by atoms with E-state index in [1.165, 1.54) is 12.0 Å². The normalized spacial score (nSPS) is 9.62. The first-order chi connectivity index (χ1) is 3.63. The van der Waals surface area contributed by atoms with Crippen molar-refractivity contribution >= 4 is 0 Å². The zero-order chi connectivity index (χ0) is 6.57. The van der Waals surface area contributed by atoms with Crippen LogP contribution >= 0.6 is 0 Å². The van der Waals surface area contributed by atoms with Crippen LogP contribution in [0.25, 0.3) is 0 Å². The Hall–Kier alpha value is -0.260. The molecule has 0 aromatic heterocycles. The van der Waals surface area contributed by atoms with Gasteiger partial charge in [-0.2, -0.15) is 0 Å². The third-order valence-electron chi connectivity index (χ3n) is 0.998. The molecule has 0 bridgehead atoms. The van der Waals surface area contributed by atoms with Crippen molar-refractivity contribution in [1.29, 1.82) is 0 Å². The standard InChI is InChI=1S/C8H16/c1-7(2)5-6-8(3)4/h5,8H,6H2,1-4H3. The molecule has 0 aliphatic heterocycles. The molecule has 0 aliphatic carbocycles. The Bertz CT molecular complexity index is 74.0. The predicted octanol–water partition coefficient (Wildman–Crippen LogP) is 3.00. The molecule has 0 atom stereocenters. The third-order valence-corrected chi connectivity index (χ3v) is 0.998. The molecule has 0 N–H and O–H groups in total. The minimum absolute atomic E-state index is 0.810. The Labute approximate surface area is 52.6 Å². The Morgan fingerprint density at radius 2 is 1.88 bits per heavy atom. The van der Waals surface area contributed by atoms with E-state index >= 15 is 0 Å². The molecule has 0 heteroatoms. The summed E-state index contributed by atoms with van der Waals surface area (Å²) in [5, 5.41) is 0. The molecule has 0 aromatic rings. The van der Waals surface area contributed by atoms with Crippen LogP contribution in [0, 0.1) is 5.92 Å². The highest BCUT2D eigenvalue weighted by atomic mass is 13.9. The molecule has 0 rings (SSSR count). The zero-order valence-electron chi connectivity index (χ0n) is 6.36. The molecule has 48 valence electrons. The SMILES string of the molecule is CC(C)=CCC(C)C. The Kier molecular flexibility index (Phi) is 3.59. The van der Waals surface area contributed by atoms with Crippen LogP contribution in [0.3, 0.4) is 0 Å². The van der Waals surface area contributed by atoms with Crippen molar-refractivity contribution in [3.63, 3.8) is 0 Å². The topological polar surface area (TPSA) is 0 Å². The minimum Gasteiger partial charge on any atom is -0.0856 e. The summed E-state index contributed by atoms with van der Waals surface area (Å²) in [5.41, 5.74) is 1.43. The maximum atomic E-state index is 2.28. The quantitative estimate of drug-likeness (QED) is 0.482. The van der Waals surface area contributed by atoms with E-state index in [-0.39, 0.29) is 0 Å². The van der Waals surface area contributed by atoms with E-state index in [2.05, 4.69) is 33.8 Å². The second kappa shape index (κ2) is 3.71. The van der Waals surface area contributed by atoms with E-state index in [1.807, 2.05) is 0 Å². The highest BCUT2D eigenvalue weighted by molar-refractivity contribution is 4.92. The first-order valence-electron chi connectivity index (χ1n) is 3.26. The first-order valence-corrected chi connectivity index (χ1v) is 3.26. The lowest BCUT2D eigenvalue weighted by Gasteiger charge is -1.96. The molecular weight excluding hydrogens is 96.1 g/mol. The van der Waals surface area contributed by atoms with Crippen LogP contribution in [0.4, 0.5) is 0 Å². The lowest BCUT2D eigenvalue weighted by atomic mass is 10.1. The van der Waals surface area contributed by atoms with Gasteiger partial charge in [0.1, 0.15) is 0 Å². The lowest BCUT2D eigenvalue weighted by molar-refractivity contribution is 0.661. The summed E-state index contributed by atoms with van der Waals surface area (Å²) in [7, 11) is 0. The van der Waals surface area contributed by atoms with E-state index in [0.717, 1.165) is 5.92 Å². The molecule has 0 aliphatic rings. The fourth-order valence-electron chi connectivity index (χ4n) is 0.471. The van der Waals surface area contributed by atoms with Gasteiger partial charge < -0.3 is 0 Å². The van der Waals surface area contributed by atoms with Gasteiger partial charge in [-0.15, -0.1) is 0 Å². The van der Waals surface area contributed by atoms with Gasteiger partial charge in [-0.3, -0.25) is 0 Å². The summed E-state index contributed by atoms with van der Waals surface area (Å²) >= 11 is 0. The second-order valence-corrected chi connectivity index (χ2v) is 2.91. The second-order valence-electron chi connectivity index (χ2n) is 2.91. The summed E-state index contributed by atoms with van der Waals surface area (Å²) in [5.74, 6) is 0.810. The van der Waals surface area contributed by atoms with Crippen LogP contribution in [0.5, 0.6) is 0 Å². The predicted molar refractivity (Wildman–Crippen MR) is 38.9 cm³/mol. The van der Waals surface area contributed by atoms with Gasteiger partial charge in [-0.1, -0.05) is 25.5 Å². The van der Waals surface area contributed by atoms with Crippen LogP contribution in [0.1, 0.15) is 34.1 Å². The first kappa shape index (κ1) is 7.74. The van der Waals surface area contributed by atoms with Gasteiger partial charge in [0, 0.05) is 0 Å². The number of hydrogen-bond acceptors (Lipinski definition) is 0. The molecule has 0 aromatic carbocycles. The summed E-state index contributed by atoms with van der Waals surface area (Å²) in [6.07, 6.45) is 3.51. The van der Waals surface area contributed by atoms with Gasteiger partial charge in [-0.05, 0) is 26.2 Å². The highest BCUT2D eigenvalue weighted by Crippen LogP contribution is 2.02. The summed E-state index contributed by atoms with van der Waals surface area (Å²) in [6.45, 7) is 8.75. The lowest BCUT2D eigenvalue weighted by Crippen LogP contribution is -1.81. The molecule has 8 heavy (non-hydrogen) atoms. The van der Waals surface area contributed by atoms with Crippen molar-refractivity contribution in [2.45, 2.75) is 34.1 Å². The van der Waals surface area contributed by atoms with E-state index in [4.69, 9.17) is 0 Å². The average Bonchev–Trinajstić information content (AvgIpc) is 1.61. The van der Waals surface area contributed by atoms with Gasteiger partial charge in [0.25, 0.3) is 0 Å². The molecule has 0 radical (unpaired) electrons. The number of allylic oxidation sites excluding steroid dienone is 2. The fourth-order valence-corrected chi connectivity index (χ4v) is 0.471. The molecule has 0 nitrogen and oxygen atoms in total. The molecule has 0 amide bonds. The molecule has 0 unspecified atom stereocenters. The average molecular weight is 112 g/mol. The third kappa shape index (κ3) is 5.74. The maximum absolute atomic E-state index is 2.28. The van der Waals surface area contributed by atoms with Crippen molar-refractivity contribution in [2.75, 3.05) is 0 Å². The smallest absolute Gasteiger partial charge is 0.0325 e. The monoisotopic (exact) mass is 112 g/mol. The van der Waals surface area contributed by atoms with Crippen LogP contribution < -0.4 is 0 Å². The summed E-state index contributed by atoms with van der Waals surface area (Å²) in [4.78, 5) is 0. The number of rotatable bonds is 2.